The van der Waals surface area contributed by atoms with Crippen molar-refractivity contribution in [2.24, 2.45) is 0 Å². The van der Waals surface area contributed by atoms with Crippen molar-refractivity contribution in [1.29, 1.82) is 0 Å². The number of hydrogen-bond acceptors (Lipinski definition) is 2. The van der Waals surface area contributed by atoms with Gasteiger partial charge in [0.05, 0.1) is 6.61 Å². The van der Waals surface area contributed by atoms with E-state index in [2.05, 4.69) is 9.68 Å². The molecule has 0 fully saturated rings. The second-order valence-electron chi connectivity index (χ2n) is 1.36. The Balaban J connectivity index is 2.83. The van der Waals surface area contributed by atoms with E-state index in [0.717, 1.165) is 0 Å². The summed E-state index contributed by atoms with van der Waals surface area (Å²) in [4.78, 5) is 3.37. The van der Waals surface area contributed by atoms with Gasteiger partial charge in [0, 0.05) is 7.11 Å². The summed E-state index contributed by atoms with van der Waals surface area (Å²) in [6, 6.07) is 0. The zero-order valence-electron chi connectivity index (χ0n) is 4.48. The molecule has 0 N–H and O–H groups in total. The van der Waals surface area contributed by atoms with E-state index in [1.54, 1.807) is 6.92 Å². The molecule has 0 bridgehead atoms. The third-order valence-electron chi connectivity index (χ3n) is 0.553. The molecule has 0 heterocycles. The summed E-state index contributed by atoms with van der Waals surface area (Å²) in [6.45, 7) is 1.89. The summed E-state index contributed by atoms with van der Waals surface area (Å²) in [7, 11) is 1.50. The minimum atomic E-state index is -0.440. The van der Waals surface area contributed by atoms with E-state index < -0.39 is 6.10 Å². The molecule has 2 nitrogen and oxygen atoms in total. The summed E-state index contributed by atoms with van der Waals surface area (Å²) in [5, 5.41) is 0. The maximum Gasteiger partial charge on any atom is 0.119 e. The molecule has 0 aliphatic rings. The molecule has 0 radical (unpaired) electrons. The second kappa shape index (κ2) is 4.02. The van der Waals surface area contributed by atoms with E-state index in [0.29, 0.717) is 6.61 Å². The van der Waals surface area contributed by atoms with Crippen molar-refractivity contribution in [3.8, 4) is 0 Å². The van der Waals surface area contributed by atoms with Gasteiger partial charge in [0.1, 0.15) is 6.10 Å². The summed E-state index contributed by atoms with van der Waals surface area (Å²) in [6.07, 6.45) is -0.440. The van der Waals surface area contributed by atoms with Crippen molar-refractivity contribution in [3.63, 3.8) is 0 Å². The van der Waals surface area contributed by atoms with E-state index in [1.807, 2.05) is 0 Å². The molecule has 0 aromatic heterocycles. The lowest BCUT2D eigenvalue weighted by molar-refractivity contribution is -0.185. The van der Waals surface area contributed by atoms with E-state index in [4.69, 9.17) is 0 Å². The Morgan fingerprint density at radius 3 is 2.43 bits per heavy atom. The van der Waals surface area contributed by atoms with Gasteiger partial charge in [-0.25, -0.2) is 0 Å². The number of rotatable bonds is 3. The van der Waals surface area contributed by atoms with Crippen LogP contribution in [0.1, 0.15) is 6.92 Å². The second-order valence-corrected chi connectivity index (χ2v) is 1.36. The average molecular weight is 108 g/mol. The smallest absolute Gasteiger partial charge is 0.119 e. The van der Waals surface area contributed by atoms with Crippen molar-refractivity contribution in [2.75, 3.05) is 13.7 Å². The van der Waals surface area contributed by atoms with Gasteiger partial charge in [-0.05, 0) is 11.4 Å². The fraction of sp³-hybridized carbons (Fsp3) is 1.00. The maximum atomic E-state index is 11.0. The van der Waals surface area contributed by atoms with E-state index >= 15 is 0 Å². The van der Waals surface area contributed by atoms with Gasteiger partial charge in [-0.3, -0.25) is 0 Å². The highest BCUT2D eigenvalue weighted by molar-refractivity contribution is 4.39. The Hall–Kier alpha value is -0.150. The highest BCUT2D eigenvalue weighted by atomic mass is 19.3. The van der Waals surface area contributed by atoms with Gasteiger partial charge in [-0.1, -0.05) is 0 Å². The quantitative estimate of drug-likeness (QED) is 0.535. The maximum absolute atomic E-state index is 11.0. The van der Waals surface area contributed by atoms with E-state index in [1.165, 1.54) is 7.11 Å². The molecule has 0 amide bonds. The topological polar surface area (TPSA) is 18.5 Å². The van der Waals surface area contributed by atoms with Crippen LogP contribution in [0.15, 0.2) is 0 Å². The number of hydrogen-bond donors (Lipinski definition) is 0. The predicted molar refractivity (Wildman–Crippen MR) is 23.5 cm³/mol. The molecule has 0 spiro atoms. The zero-order chi connectivity index (χ0) is 5.70. The molecule has 0 aromatic carbocycles. The van der Waals surface area contributed by atoms with Gasteiger partial charge >= 0.3 is 0 Å². The van der Waals surface area contributed by atoms with Gasteiger partial charge in [0.2, 0.25) is 0 Å². The molecule has 0 aliphatic heterocycles. The Morgan fingerprint density at radius 1 is 1.71 bits per heavy atom. The molecule has 1 unspecified atom stereocenters. The summed E-state index contributed by atoms with van der Waals surface area (Å²) in [5.74, 6) is 0. The van der Waals surface area contributed by atoms with E-state index in [9.17, 15) is 4.53 Å². The molecule has 0 aromatic rings. The van der Waals surface area contributed by atoms with Gasteiger partial charge in [-0.2, -0.15) is 4.94 Å². The lowest BCUT2D eigenvalue weighted by Crippen LogP contribution is -2.09. The van der Waals surface area contributed by atoms with Crippen molar-refractivity contribution < 1.29 is 14.2 Å². The van der Waals surface area contributed by atoms with Crippen molar-refractivity contribution in [1.82, 2.24) is 0 Å². The lowest BCUT2D eigenvalue weighted by atomic mass is 10.5. The van der Waals surface area contributed by atoms with Crippen LogP contribution in [0.3, 0.4) is 0 Å². The Bertz CT molecular complexity index is 40.7. The van der Waals surface area contributed by atoms with Crippen molar-refractivity contribution >= 4 is 0 Å². The number of halogens is 1. The third kappa shape index (κ3) is 3.69. The normalized spacial score (nSPS) is 14.1. The Kier molecular flexibility index (Phi) is 3.93. The minimum absolute atomic E-state index is 0.302. The number of methoxy groups -OCH3 is 1. The minimum Gasteiger partial charge on any atom is -0.382 e. The molecule has 3 heteroatoms. The van der Waals surface area contributed by atoms with Gasteiger partial charge in [0.15, 0.2) is 0 Å². The molecule has 0 aliphatic carbocycles. The Morgan fingerprint density at radius 2 is 2.29 bits per heavy atom. The van der Waals surface area contributed by atoms with Gasteiger partial charge in [-0.15, -0.1) is 0 Å². The molecule has 7 heavy (non-hydrogen) atoms. The standard InChI is InChI=1S/C4H9FO2/c1-4(7-5)3-6-2/h4H,3H2,1-2H3. The fourth-order valence-electron chi connectivity index (χ4n) is 0.260. The van der Waals surface area contributed by atoms with E-state index in [-0.39, 0.29) is 0 Å². The molecule has 0 saturated carbocycles. The monoisotopic (exact) mass is 108 g/mol. The van der Waals surface area contributed by atoms with Crippen LogP contribution in [0.5, 0.6) is 0 Å². The summed E-state index contributed by atoms with van der Waals surface area (Å²) in [5.41, 5.74) is 0. The van der Waals surface area contributed by atoms with Crippen LogP contribution in [-0.4, -0.2) is 19.8 Å². The highest BCUT2D eigenvalue weighted by Crippen LogP contribution is 1.88. The molecular formula is C4H9FO2. The van der Waals surface area contributed by atoms with Crippen LogP contribution in [0.2, 0.25) is 0 Å². The predicted octanol–water partition coefficient (Wildman–Crippen LogP) is 0.922. The molecular weight excluding hydrogens is 99.0 g/mol. The van der Waals surface area contributed by atoms with Gasteiger partial charge in [0.25, 0.3) is 0 Å². The summed E-state index contributed by atoms with van der Waals surface area (Å²) < 4.78 is 15.5. The van der Waals surface area contributed by atoms with Gasteiger partial charge < -0.3 is 4.74 Å². The van der Waals surface area contributed by atoms with Crippen LogP contribution in [0.4, 0.5) is 4.53 Å². The molecule has 0 rings (SSSR count). The van der Waals surface area contributed by atoms with Crippen LogP contribution in [0, 0.1) is 0 Å². The summed E-state index contributed by atoms with van der Waals surface area (Å²) >= 11 is 0. The SMILES string of the molecule is COCC(C)OF. The first-order valence-electron chi connectivity index (χ1n) is 2.07. The first-order valence-corrected chi connectivity index (χ1v) is 2.07. The number of ether oxygens (including phenoxy) is 1. The van der Waals surface area contributed by atoms with Crippen LogP contribution < -0.4 is 0 Å². The molecule has 0 saturated heterocycles. The Labute approximate surface area is 42.1 Å². The fourth-order valence-corrected chi connectivity index (χ4v) is 0.260. The van der Waals surface area contributed by atoms with Crippen molar-refractivity contribution in [3.05, 3.63) is 0 Å². The zero-order valence-corrected chi connectivity index (χ0v) is 4.48. The van der Waals surface area contributed by atoms with Crippen LogP contribution in [0.25, 0.3) is 0 Å². The van der Waals surface area contributed by atoms with Crippen molar-refractivity contribution in [2.45, 2.75) is 13.0 Å². The highest BCUT2D eigenvalue weighted by Gasteiger charge is 1.97. The first-order chi connectivity index (χ1) is 3.31. The first kappa shape index (κ1) is 6.85. The average Bonchev–Trinajstić information content (AvgIpc) is 1.68. The largest absolute Gasteiger partial charge is 0.382 e. The van der Waals surface area contributed by atoms with Crippen LogP contribution >= 0.6 is 0 Å². The third-order valence-corrected chi connectivity index (χ3v) is 0.553. The molecule has 44 valence electrons. The lowest BCUT2D eigenvalue weighted by Gasteiger charge is -2.00. The van der Waals surface area contributed by atoms with Crippen LogP contribution in [-0.2, 0) is 9.68 Å². The molecule has 1 atom stereocenters.